The number of nitrogens with one attached hydrogen (secondary N) is 2. The molecule has 0 fully saturated rings. The van der Waals surface area contributed by atoms with E-state index in [-0.39, 0.29) is 0 Å². The Hall–Kier alpha value is -1.38. The van der Waals surface area contributed by atoms with Gasteiger partial charge in [0.05, 0.1) is 6.67 Å². The SMILES string of the molecule is CCc1cc(Cl)c(CC)c(NCNc2cc(CC)cc(Cl)c2CC)c1. The van der Waals surface area contributed by atoms with Crippen molar-refractivity contribution >= 4 is 34.6 Å². The molecule has 0 heterocycles. The van der Waals surface area contributed by atoms with Crippen molar-refractivity contribution in [3.05, 3.63) is 56.6 Å². The zero-order chi connectivity index (χ0) is 18.4. The maximum atomic E-state index is 6.44. The zero-order valence-corrected chi connectivity index (χ0v) is 17.1. The summed E-state index contributed by atoms with van der Waals surface area (Å²) >= 11 is 12.9. The fraction of sp³-hybridized carbons (Fsp3) is 0.429. The van der Waals surface area contributed by atoms with E-state index in [1.807, 2.05) is 0 Å². The number of rotatable bonds is 8. The van der Waals surface area contributed by atoms with Gasteiger partial charge >= 0.3 is 0 Å². The Morgan fingerprint density at radius 3 is 1.36 bits per heavy atom. The van der Waals surface area contributed by atoms with Gasteiger partial charge in [0.15, 0.2) is 0 Å². The molecule has 0 radical (unpaired) electrons. The lowest BCUT2D eigenvalue weighted by atomic mass is 10.0. The molecule has 2 nitrogen and oxygen atoms in total. The van der Waals surface area contributed by atoms with Gasteiger partial charge in [0.1, 0.15) is 0 Å². The topological polar surface area (TPSA) is 24.1 Å². The molecule has 2 N–H and O–H groups in total. The third kappa shape index (κ3) is 4.83. The van der Waals surface area contributed by atoms with Gasteiger partial charge in [-0.25, -0.2) is 0 Å². The van der Waals surface area contributed by atoms with Crippen molar-refractivity contribution < 1.29 is 0 Å². The molecular formula is C21H28Cl2N2. The van der Waals surface area contributed by atoms with Crippen molar-refractivity contribution in [3.63, 3.8) is 0 Å². The van der Waals surface area contributed by atoms with E-state index in [0.29, 0.717) is 6.67 Å². The van der Waals surface area contributed by atoms with Crippen LogP contribution in [-0.4, -0.2) is 6.67 Å². The molecular weight excluding hydrogens is 351 g/mol. The molecule has 0 bridgehead atoms. The summed E-state index contributed by atoms with van der Waals surface area (Å²) in [6, 6.07) is 8.53. The maximum absolute atomic E-state index is 6.44. The van der Waals surface area contributed by atoms with Crippen LogP contribution in [0.1, 0.15) is 49.9 Å². The smallest absolute Gasteiger partial charge is 0.0849 e. The van der Waals surface area contributed by atoms with Crippen LogP contribution < -0.4 is 10.6 Å². The van der Waals surface area contributed by atoms with Crippen LogP contribution in [0.5, 0.6) is 0 Å². The lowest BCUT2D eigenvalue weighted by molar-refractivity contribution is 1.07. The summed E-state index contributed by atoms with van der Waals surface area (Å²) in [6.07, 6.45) is 3.75. The maximum Gasteiger partial charge on any atom is 0.0849 e. The van der Waals surface area contributed by atoms with Gasteiger partial charge in [-0.05, 0) is 72.2 Å². The van der Waals surface area contributed by atoms with Crippen molar-refractivity contribution in [2.45, 2.75) is 53.4 Å². The molecule has 0 saturated carbocycles. The molecule has 0 atom stereocenters. The molecule has 0 aliphatic rings. The Morgan fingerprint density at radius 2 is 1.04 bits per heavy atom. The quantitative estimate of drug-likeness (QED) is 0.497. The second-order valence-corrected chi connectivity index (χ2v) is 6.97. The van der Waals surface area contributed by atoms with Crippen molar-refractivity contribution in [1.82, 2.24) is 0 Å². The van der Waals surface area contributed by atoms with Crippen LogP contribution in [0.4, 0.5) is 11.4 Å². The third-order valence-electron chi connectivity index (χ3n) is 4.59. The first-order valence-electron chi connectivity index (χ1n) is 9.14. The van der Waals surface area contributed by atoms with Crippen molar-refractivity contribution in [1.29, 1.82) is 0 Å². The predicted octanol–water partition coefficient (Wildman–Crippen LogP) is 6.72. The largest absolute Gasteiger partial charge is 0.368 e. The van der Waals surface area contributed by atoms with Gasteiger partial charge in [-0.3, -0.25) is 0 Å². The highest BCUT2D eigenvalue weighted by atomic mass is 35.5. The zero-order valence-electron chi connectivity index (χ0n) is 15.6. The first kappa shape index (κ1) is 19.9. The van der Waals surface area contributed by atoms with E-state index < -0.39 is 0 Å². The molecule has 0 aliphatic heterocycles. The Kier molecular flexibility index (Phi) is 7.46. The minimum absolute atomic E-state index is 0.632. The Morgan fingerprint density at radius 1 is 0.640 bits per heavy atom. The molecule has 2 aromatic carbocycles. The summed E-state index contributed by atoms with van der Waals surface area (Å²) in [6.45, 7) is 9.18. The summed E-state index contributed by atoms with van der Waals surface area (Å²) in [5, 5.41) is 8.68. The van der Waals surface area contributed by atoms with Crippen LogP contribution >= 0.6 is 23.2 Å². The second kappa shape index (κ2) is 9.35. The van der Waals surface area contributed by atoms with E-state index >= 15 is 0 Å². The Balaban J connectivity index is 2.18. The van der Waals surface area contributed by atoms with Gasteiger partial charge < -0.3 is 10.6 Å². The number of hydrogen-bond donors (Lipinski definition) is 2. The predicted molar refractivity (Wildman–Crippen MR) is 113 cm³/mol. The Labute approximate surface area is 161 Å². The lowest BCUT2D eigenvalue weighted by Gasteiger charge is -2.18. The molecule has 0 unspecified atom stereocenters. The summed E-state index contributed by atoms with van der Waals surface area (Å²) in [5.41, 5.74) is 7.03. The number of halogens is 2. The molecule has 0 aromatic heterocycles. The molecule has 2 rings (SSSR count). The number of anilines is 2. The Bertz CT molecular complexity index is 665. The van der Waals surface area contributed by atoms with E-state index in [2.05, 4.69) is 62.6 Å². The van der Waals surface area contributed by atoms with Crippen LogP contribution in [0.2, 0.25) is 10.0 Å². The van der Waals surface area contributed by atoms with E-state index in [1.54, 1.807) is 0 Å². The second-order valence-electron chi connectivity index (χ2n) is 6.15. The van der Waals surface area contributed by atoms with Crippen LogP contribution in [0.3, 0.4) is 0 Å². The molecule has 136 valence electrons. The first-order valence-corrected chi connectivity index (χ1v) is 9.89. The van der Waals surface area contributed by atoms with Gasteiger partial charge in [-0.15, -0.1) is 0 Å². The normalized spacial score (nSPS) is 10.8. The van der Waals surface area contributed by atoms with Gasteiger partial charge in [0.25, 0.3) is 0 Å². The molecule has 0 spiro atoms. The highest BCUT2D eigenvalue weighted by Gasteiger charge is 2.10. The molecule has 0 aliphatic carbocycles. The molecule has 4 heteroatoms. The van der Waals surface area contributed by atoms with E-state index in [9.17, 15) is 0 Å². The van der Waals surface area contributed by atoms with E-state index in [1.165, 1.54) is 11.1 Å². The van der Waals surface area contributed by atoms with Crippen molar-refractivity contribution in [2.24, 2.45) is 0 Å². The fourth-order valence-electron chi connectivity index (χ4n) is 3.06. The van der Waals surface area contributed by atoms with Crippen LogP contribution in [-0.2, 0) is 25.7 Å². The minimum Gasteiger partial charge on any atom is -0.368 e. The fourth-order valence-corrected chi connectivity index (χ4v) is 3.81. The van der Waals surface area contributed by atoms with Crippen molar-refractivity contribution in [2.75, 3.05) is 17.3 Å². The average molecular weight is 379 g/mol. The van der Waals surface area contributed by atoms with Crippen molar-refractivity contribution in [3.8, 4) is 0 Å². The third-order valence-corrected chi connectivity index (χ3v) is 5.27. The standard InChI is InChI=1S/C21H28Cl2N2/c1-5-14-9-18(22)16(7-3)20(11-14)24-13-25-21-12-15(6-2)10-19(23)17(21)8-4/h9-12,24-25H,5-8,13H2,1-4H3. The molecule has 0 amide bonds. The van der Waals surface area contributed by atoms with E-state index in [0.717, 1.165) is 58.2 Å². The summed E-state index contributed by atoms with van der Waals surface area (Å²) in [5.74, 6) is 0. The number of aryl methyl sites for hydroxylation is 2. The van der Waals surface area contributed by atoms with Gasteiger partial charge in [-0.2, -0.15) is 0 Å². The van der Waals surface area contributed by atoms with Gasteiger partial charge in [0, 0.05) is 21.4 Å². The minimum atomic E-state index is 0.632. The van der Waals surface area contributed by atoms with Crippen LogP contribution in [0.25, 0.3) is 0 Å². The molecule has 2 aromatic rings. The van der Waals surface area contributed by atoms with Gasteiger partial charge in [0.2, 0.25) is 0 Å². The highest BCUT2D eigenvalue weighted by molar-refractivity contribution is 6.32. The monoisotopic (exact) mass is 378 g/mol. The summed E-state index contributed by atoms with van der Waals surface area (Å²) in [4.78, 5) is 0. The average Bonchev–Trinajstić information content (AvgIpc) is 2.61. The van der Waals surface area contributed by atoms with Crippen LogP contribution in [0, 0.1) is 0 Å². The molecule has 0 saturated heterocycles. The number of benzene rings is 2. The molecule has 25 heavy (non-hydrogen) atoms. The number of hydrogen-bond acceptors (Lipinski definition) is 2. The van der Waals surface area contributed by atoms with E-state index in [4.69, 9.17) is 23.2 Å². The highest BCUT2D eigenvalue weighted by Crippen LogP contribution is 2.29. The first-order chi connectivity index (χ1) is 12.0. The van der Waals surface area contributed by atoms with Crippen LogP contribution in [0.15, 0.2) is 24.3 Å². The summed E-state index contributed by atoms with van der Waals surface area (Å²) < 4.78 is 0. The lowest BCUT2D eigenvalue weighted by Crippen LogP contribution is -2.15. The summed E-state index contributed by atoms with van der Waals surface area (Å²) in [7, 11) is 0. The van der Waals surface area contributed by atoms with Gasteiger partial charge in [-0.1, -0.05) is 50.9 Å².